The smallest absolute Gasteiger partial charge is 0.123 e. The molecule has 1 fully saturated rings. The number of nitrogens with zero attached hydrogens (tertiary/aromatic N) is 3. The summed E-state index contributed by atoms with van der Waals surface area (Å²) in [4.78, 5) is 7.18. The number of para-hydroxylation sites is 2. The fourth-order valence-corrected chi connectivity index (χ4v) is 3.61. The maximum Gasteiger partial charge on any atom is 0.123 e. The molecule has 1 N–H and O–H groups in total. The van der Waals surface area contributed by atoms with Crippen LogP contribution in [-0.4, -0.2) is 47.3 Å². The molecule has 2 aromatic heterocycles. The van der Waals surface area contributed by atoms with Gasteiger partial charge in [0.1, 0.15) is 17.3 Å². The normalized spacial score (nSPS) is 17.0. The van der Waals surface area contributed by atoms with Crippen LogP contribution in [0.1, 0.15) is 23.4 Å². The second kappa shape index (κ2) is 7.61. The number of ether oxygens (including phenoxy) is 1. The van der Waals surface area contributed by atoms with E-state index in [0.717, 1.165) is 67.8 Å². The summed E-state index contributed by atoms with van der Waals surface area (Å²) in [6, 6.07) is 12.6. The number of aryl methyl sites for hydroxylation is 2. The molecule has 6 heteroatoms. The monoisotopic (exact) mass is 354 g/mol. The number of hydrogen-bond donors (Lipinski definition) is 1. The van der Waals surface area contributed by atoms with Gasteiger partial charge in [0.05, 0.1) is 36.8 Å². The van der Waals surface area contributed by atoms with Gasteiger partial charge in [-0.15, -0.1) is 0 Å². The molecule has 0 saturated carbocycles. The number of imidazole rings is 1. The second-order valence-corrected chi connectivity index (χ2v) is 6.82. The Morgan fingerprint density at radius 1 is 1.15 bits per heavy atom. The lowest BCUT2D eigenvalue weighted by Crippen LogP contribution is -2.42. The van der Waals surface area contributed by atoms with Gasteiger partial charge in [0.25, 0.3) is 0 Å². The zero-order valence-electron chi connectivity index (χ0n) is 15.4. The summed E-state index contributed by atoms with van der Waals surface area (Å²) < 4.78 is 13.6. The minimum atomic E-state index is 0.210. The summed E-state index contributed by atoms with van der Waals surface area (Å²) in [5.74, 6) is 3.01. The van der Waals surface area contributed by atoms with Crippen molar-refractivity contribution in [3.8, 4) is 0 Å². The topological polar surface area (TPSA) is 55.5 Å². The lowest BCUT2D eigenvalue weighted by Gasteiger charge is -2.33. The molecule has 1 aliphatic rings. The summed E-state index contributed by atoms with van der Waals surface area (Å²) >= 11 is 0. The van der Waals surface area contributed by atoms with Gasteiger partial charge in [-0.05, 0) is 31.2 Å². The van der Waals surface area contributed by atoms with Crippen molar-refractivity contribution >= 4 is 11.0 Å². The van der Waals surface area contributed by atoms with Crippen LogP contribution in [0.4, 0.5) is 0 Å². The van der Waals surface area contributed by atoms with Gasteiger partial charge in [-0.3, -0.25) is 4.90 Å². The molecule has 1 aromatic carbocycles. The molecule has 0 amide bonds. The van der Waals surface area contributed by atoms with E-state index in [-0.39, 0.29) is 6.04 Å². The number of nitrogens with one attached hydrogen (secondary N) is 1. The average Bonchev–Trinajstić information content (AvgIpc) is 3.23. The van der Waals surface area contributed by atoms with Gasteiger partial charge in [-0.25, -0.2) is 4.98 Å². The first-order valence-corrected chi connectivity index (χ1v) is 9.21. The molecular formula is C20H26N4O2. The third kappa shape index (κ3) is 3.53. The standard InChI is InChI=1S/C20H26N4O2/c1-15-7-8-19(26-15)18(24-9-11-25-12-10-24)13-21-14-20-22-16-5-3-4-6-17(16)23(20)2/h3-8,18,21H,9-14H2,1-2H3. The predicted molar refractivity (Wildman–Crippen MR) is 101 cm³/mol. The third-order valence-corrected chi connectivity index (χ3v) is 5.08. The zero-order valence-corrected chi connectivity index (χ0v) is 15.4. The molecule has 1 saturated heterocycles. The van der Waals surface area contributed by atoms with E-state index in [1.54, 1.807) is 0 Å². The highest BCUT2D eigenvalue weighted by Gasteiger charge is 2.25. The van der Waals surface area contributed by atoms with Crippen LogP contribution in [0.2, 0.25) is 0 Å². The molecule has 3 heterocycles. The van der Waals surface area contributed by atoms with Gasteiger partial charge >= 0.3 is 0 Å². The van der Waals surface area contributed by atoms with Crippen molar-refractivity contribution in [2.45, 2.75) is 19.5 Å². The number of hydrogen-bond acceptors (Lipinski definition) is 5. The molecule has 3 aromatic rings. The van der Waals surface area contributed by atoms with E-state index >= 15 is 0 Å². The van der Waals surface area contributed by atoms with Crippen LogP contribution < -0.4 is 5.32 Å². The first-order valence-electron chi connectivity index (χ1n) is 9.21. The number of furan rings is 1. The molecule has 26 heavy (non-hydrogen) atoms. The van der Waals surface area contributed by atoms with E-state index in [0.29, 0.717) is 0 Å². The summed E-state index contributed by atoms with van der Waals surface area (Å²) in [5, 5.41) is 3.58. The van der Waals surface area contributed by atoms with Crippen molar-refractivity contribution in [1.29, 1.82) is 0 Å². The Balaban J connectivity index is 1.46. The van der Waals surface area contributed by atoms with Gasteiger partial charge < -0.3 is 19.0 Å². The second-order valence-electron chi connectivity index (χ2n) is 6.82. The molecule has 1 atom stereocenters. The van der Waals surface area contributed by atoms with Crippen LogP contribution >= 0.6 is 0 Å². The number of rotatable bonds is 6. The van der Waals surface area contributed by atoms with Crippen molar-refractivity contribution in [1.82, 2.24) is 19.8 Å². The number of benzene rings is 1. The minimum absolute atomic E-state index is 0.210. The predicted octanol–water partition coefficient (Wildman–Crippen LogP) is 2.64. The molecule has 0 radical (unpaired) electrons. The molecule has 1 unspecified atom stereocenters. The fraction of sp³-hybridized carbons (Fsp3) is 0.450. The van der Waals surface area contributed by atoms with Gasteiger partial charge in [0, 0.05) is 26.7 Å². The van der Waals surface area contributed by atoms with Crippen LogP contribution in [-0.2, 0) is 18.3 Å². The van der Waals surface area contributed by atoms with Crippen molar-refractivity contribution in [2.24, 2.45) is 7.05 Å². The van der Waals surface area contributed by atoms with Crippen molar-refractivity contribution in [2.75, 3.05) is 32.8 Å². The minimum Gasteiger partial charge on any atom is -0.465 e. The van der Waals surface area contributed by atoms with Gasteiger partial charge in [0.2, 0.25) is 0 Å². The number of aromatic nitrogens is 2. The Hall–Kier alpha value is -2.15. The Bertz CT molecular complexity index is 864. The summed E-state index contributed by atoms with van der Waals surface area (Å²) in [6.07, 6.45) is 0. The van der Waals surface area contributed by atoms with E-state index in [9.17, 15) is 0 Å². The Labute approximate surface area is 153 Å². The first kappa shape index (κ1) is 17.3. The summed E-state index contributed by atoms with van der Waals surface area (Å²) in [6.45, 7) is 6.95. The third-order valence-electron chi connectivity index (χ3n) is 5.08. The highest BCUT2D eigenvalue weighted by Crippen LogP contribution is 2.23. The molecule has 0 bridgehead atoms. The zero-order chi connectivity index (χ0) is 17.9. The van der Waals surface area contributed by atoms with Gasteiger partial charge in [-0.1, -0.05) is 12.1 Å². The Kier molecular flexibility index (Phi) is 5.06. The van der Waals surface area contributed by atoms with Crippen LogP contribution in [0.15, 0.2) is 40.8 Å². The van der Waals surface area contributed by atoms with Crippen LogP contribution in [0.3, 0.4) is 0 Å². The molecule has 6 nitrogen and oxygen atoms in total. The van der Waals surface area contributed by atoms with Crippen LogP contribution in [0.5, 0.6) is 0 Å². The Morgan fingerprint density at radius 3 is 2.69 bits per heavy atom. The average molecular weight is 354 g/mol. The first-order chi connectivity index (χ1) is 12.7. The Morgan fingerprint density at radius 2 is 1.96 bits per heavy atom. The van der Waals surface area contributed by atoms with E-state index in [4.69, 9.17) is 14.1 Å². The SMILES string of the molecule is Cc1ccc(C(CNCc2nc3ccccc3n2C)N2CCOCC2)o1. The lowest BCUT2D eigenvalue weighted by atomic mass is 10.1. The van der Waals surface area contributed by atoms with Crippen LogP contribution in [0, 0.1) is 6.92 Å². The highest BCUT2D eigenvalue weighted by molar-refractivity contribution is 5.75. The number of morpholine rings is 1. The molecular weight excluding hydrogens is 328 g/mol. The van der Waals surface area contributed by atoms with Crippen molar-refractivity contribution in [3.63, 3.8) is 0 Å². The number of fused-ring (bicyclic) bond motifs is 1. The van der Waals surface area contributed by atoms with Crippen molar-refractivity contribution in [3.05, 3.63) is 53.7 Å². The van der Waals surface area contributed by atoms with E-state index in [1.165, 1.54) is 0 Å². The quantitative estimate of drug-likeness (QED) is 0.737. The van der Waals surface area contributed by atoms with E-state index < -0.39 is 0 Å². The summed E-state index contributed by atoms with van der Waals surface area (Å²) in [5.41, 5.74) is 2.20. The fourth-order valence-electron chi connectivity index (χ4n) is 3.61. The maximum atomic E-state index is 5.93. The van der Waals surface area contributed by atoms with E-state index in [2.05, 4.69) is 46.1 Å². The van der Waals surface area contributed by atoms with Gasteiger partial charge in [-0.2, -0.15) is 0 Å². The van der Waals surface area contributed by atoms with Gasteiger partial charge in [0.15, 0.2) is 0 Å². The highest BCUT2D eigenvalue weighted by atomic mass is 16.5. The largest absolute Gasteiger partial charge is 0.465 e. The maximum absolute atomic E-state index is 5.93. The summed E-state index contributed by atoms with van der Waals surface area (Å²) in [7, 11) is 2.07. The van der Waals surface area contributed by atoms with Crippen molar-refractivity contribution < 1.29 is 9.15 Å². The lowest BCUT2D eigenvalue weighted by molar-refractivity contribution is 0.0114. The molecule has 138 valence electrons. The molecule has 4 rings (SSSR count). The molecule has 1 aliphatic heterocycles. The van der Waals surface area contributed by atoms with Crippen LogP contribution in [0.25, 0.3) is 11.0 Å². The molecule has 0 aliphatic carbocycles. The molecule has 0 spiro atoms. The van der Waals surface area contributed by atoms with E-state index in [1.807, 2.05) is 19.1 Å².